The van der Waals surface area contributed by atoms with Crippen molar-refractivity contribution in [1.82, 2.24) is 20.2 Å². The number of aromatic nitrogens is 4. The Morgan fingerprint density at radius 3 is 2.52 bits per heavy atom. The van der Waals surface area contributed by atoms with E-state index in [1.54, 1.807) is 16.8 Å². The zero-order valence-corrected chi connectivity index (χ0v) is 12.8. The monoisotopic (exact) mass is 318 g/mol. The van der Waals surface area contributed by atoms with E-state index in [1.807, 2.05) is 37.3 Å². The van der Waals surface area contributed by atoms with Gasteiger partial charge in [0.1, 0.15) is 0 Å². The number of nitrogens with zero attached hydrogens (tertiary/aromatic N) is 4. The van der Waals surface area contributed by atoms with Gasteiger partial charge in [0.25, 0.3) is 0 Å². The summed E-state index contributed by atoms with van der Waals surface area (Å²) in [7, 11) is 0. The summed E-state index contributed by atoms with van der Waals surface area (Å²) in [5.74, 6) is 0.709. The predicted octanol–water partition coefficient (Wildman–Crippen LogP) is 4.00. The van der Waals surface area contributed by atoms with Gasteiger partial charge >= 0.3 is 0 Å². The molecule has 0 saturated carbocycles. The highest BCUT2D eigenvalue weighted by Crippen LogP contribution is 2.23. The molecule has 0 spiro atoms. The van der Waals surface area contributed by atoms with Gasteiger partial charge in [-0.25, -0.2) is 4.68 Å². The van der Waals surface area contributed by atoms with Crippen molar-refractivity contribution in [3.63, 3.8) is 0 Å². The van der Waals surface area contributed by atoms with Crippen LogP contribution in [-0.4, -0.2) is 20.2 Å². The standard InChI is InChI=1S/C15H12Cl2N4/c1-10-2-4-11(5-3-10)15-18-19-20-21(15)9-12-6-7-13(16)8-14(12)17/h2-8H,9H2,1H3. The fourth-order valence-corrected chi connectivity index (χ4v) is 2.50. The average Bonchev–Trinajstić information content (AvgIpc) is 2.91. The molecule has 4 nitrogen and oxygen atoms in total. The molecule has 0 aliphatic carbocycles. The topological polar surface area (TPSA) is 43.6 Å². The van der Waals surface area contributed by atoms with E-state index in [4.69, 9.17) is 23.2 Å². The molecular weight excluding hydrogens is 307 g/mol. The van der Waals surface area contributed by atoms with Gasteiger partial charge in [-0.2, -0.15) is 0 Å². The Balaban J connectivity index is 1.94. The van der Waals surface area contributed by atoms with Crippen molar-refractivity contribution in [2.75, 3.05) is 0 Å². The van der Waals surface area contributed by atoms with Crippen LogP contribution in [-0.2, 0) is 6.54 Å². The molecule has 3 aromatic rings. The molecule has 0 atom stereocenters. The Labute approximate surface area is 132 Å². The molecule has 0 fully saturated rings. The Bertz CT molecular complexity index is 766. The van der Waals surface area contributed by atoms with E-state index >= 15 is 0 Å². The molecule has 1 aromatic heterocycles. The molecule has 0 aliphatic heterocycles. The van der Waals surface area contributed by atoms with Gasteiger partial charge in [0.05, 0.1) is 6.54 Å². The molecule has 21 heavy (non-hydrogen) atoms. The second kappa shape index (κ2) is 5.84. The van der Waals surface area contributed by atoms with Crippen molar-refractivity contribution in [3.8, 4) is 11.4 Å². The molecule has 0 aliphatic rings. The van der Waals surface area contributed by atoms with Crippen LogP contribution < -0.4 is 0 Å². The quantitative estimate of drug-likeness (QED) is 0.733. The van der Waals surface area contributed by atoms with Crippen LogP contribution in [0.2, 0.25) is 10.0 Å². The lowest BCUT2D eigenvalue weighted by Gasteiger charge is -2.07. The third-order valence-electron chi connectivity index (χ3n) is 3.18. The van der Waals surface area contributed by atoms with Gasteiger partial charge in [0.15, 0.2) is 5.82 Å². The third kappa shape index (κ3) is 3.06. The molecule has 2 aromatic carbocycles. The van der Waals surface area contributed by atoms with E-state index in [0.717, 1.165) is 11.1 Å². The first-order valence-corrected chi connectivity index (χ1v) is 7.16. The van der Waals surface area contributed by atoms with E-state index < -0.39 is 0 Å². The number of hydrogen-bond acceptors (Lipinski definition) is 3. The summed E-state index contributed by atoms with van der Waals surface area (Å²) in [5, 5.41) is 13.1. The minimum atomic E-state index is 0.492. The van der Waals surface area contributed by atoms with Gasteiger partial charge in [-0.1, -0.05) is 59.1 Å². The van der Waals surface area contributed by atoms with Gasteiger partial charge in [0, 0.05) is 15.6 Å². The highest BCUT2D eigenvalue weighted by Gasteiger charge is 2.11. The minimum Gasteiger partial charge on any atom is -0.221 e. The SMILES string of the molecule is Cc1ccc(-c2nnnn2Cc2ccc(Cl)cc2Cl)cc1. The van der Waals surface area contributed by atoms with Gasteiger partial charge in [-0.05, 0) is 35.0 Å². The molecule has 106 valence electrons. The zero-order chi connectivity index (χ0) is 14.8. The molecule has 6 heteroatoms. The Hall–Kier alpha value is -1.91. The van der Waals surface area contributed by atoms with E-state index in [-0.39, 0.29) is 0 Å². The van der Waals surface area contributed by atoms with Crippen molar-refractivity contribution in [2.45, 2.75) is 13.5 Å². The molecule has 0 unspecified atom stereocenters. The van der Waals surface area contributed by atoms with Crippen LogP contribution in [0.1, 0.15) is 11.1 Å². The molecule has 0 amide bonds. The van der Waals surface area contributed by atoms with Gasteiger partial charge in [-0.3, -0.25) is 0 Å². The lowest BCUT2D eigenvalue weighted by Crippen LogP contribution is -2.05. The van der Waals surface area contributed by atoms with Crippen molar-refractivity contribution in [2.24, 2.45) is 0 Å². The highest BCUT2D eigenvalue weighted by molar-refractivity contribution is 6.35. The van der Waals surface area contributed by atoms with Crippen LogP contribution in [0.15, 0.2) is 42.5 Å². The average molecular weight is 319 g/mol. The second-order valence-electron chi connectivity index (χ2n) is 4.76. The lowest BCUT2D eigenvalue weighted by molar-refractivity contribution is 0.653. The summed E-state index contributed by atoms with van der Waals surface area (Å²) in [6.45, 7) is 2.53. The van der Waals surface area contributed by atoms with Crippen LogP contribution in [0.3, 0.4) is 0 Å². The number of rotatable bonds is 3. The molecule has 3 rings (SSSR count). The largest absolute Gasteiger partial charge is 0.221 e. The molecule has 0 N–H and O–H groups in total. The maximum atomic E-state index is 6.20. The van der Waals surface area contributed by atoms with Crippen LogP contribution in [0, 0.1) is 6.92 Å². The third-order valence-corrected chi connectivity index (χ3v) is 3.76. The van der Waals surface area contributed by atoms with Gasteiger partial charge in [-0.15, -0.1) is 5.10 Å². The second-order valence-corrected chi connectivity index (χ2v) is 5.61. The fourth-order valence-electron chi connectivity index (χ4n) is 2.03. The molecule has 0 saturated heterocycles. The number of benzene rings is 2. The summed E-state index contributed by atoms with van der Waals surface area (Å²) >= 11 is 12.1. The Morgan fingerprint density at radius 2 is 1.81 bits per heavy atom. The van der Waals surface area contributed by atoms with E-state index in [9.17, 15) is 0 Å². The lowest BCUT2D eigenvalue weighted by atomic mass is 10.1. The van der Waals surface area contributed by atoms with E-state index in [2.05, 4.69) is 15.5 Å². The maximum Gasteiger partial charge on any atom is 0.182 e. The molecule has 1 heterocycles. The summed E-state index contributed by atoms with van der Waals surface area (Å²) in [5.41, 5.74) is 3.08. The van der Waals surface area contributed by atoms with Crippen molar-refractivity contribution in [1.29, 1.82) is 0 Å². The maximum absolute atomic E-state index is 6.20. The highest BCUT2D eigenvalue weighted by atomic mass is 35.5. The first-order valence-electron chi connectivity index (χ1n) is 6.40. The van der Waals surface area contributed by atoms with Crippen LogP contribution in [0.25, 0.3) is 11.4 Å². The van der Waals surface area contributed by atoms with Gasteiger partial charge < -0.3 is 0 Å². The van der Waals surface area contributed by atoms with E-state index in [0.29, 0.717) is 22.4 Å². The number of aryl methyl sites for hydroxylation is 1. The number of hydrogen-bond donors (Lipinski definition) is 0. The van der Waals surface area contributed by atoms with Gasteiger partial charge in [0.2, 0.25) is 0 Å². The predicted molar refractivity (Wildman–Crippen MR) is 83.6 cm³/mol. The Kier molecular flexibility index (Phi) is 3.90. The minimum absolute atomic E-state index is 0.492. The van der Waals surface area contributed by atoms with Crippen LogP contribution in [0.4, 0.5) is 0 Å². The number of tetrazole rings is 1. The smallest absolute Gasteiger partial charge is 0.182 e. The normalized spacial score (nSPS) is 10.8. The first-order chi connectivity index (χ1) is 10.1. The van der Waals surface area contributed by atoms with E-state index in [1.165, 1.54) is 5.56 Å². The van der Waals surface area contributed by atoms with Crippen molar-refractivity contribution < 1.29 is 0 Å². The zero-order valence-electron chi connectivity index (χ0n) is 11.3. The molecule has 0 radical (unpaired) electrons. The first kappa shape index (κ1) is 14.0. The number of halogens is 2. The summed E-state index contributed by atoms with van der Waals surface area (Å²) < 4.78 is 1.72. The van der Waals surface area contributed by atoms with Crippen molar-refractivity contribution in [3.05, 3.63) is 63.6 Å². The molecular formula is C15H12Cl2N4. The molecule has 0 bridgehead atoms. The Morgan fingerprint density at radius 1 is 1.05 bits per heavy atom. The summed E-state index contributed by atoms with van der Waals surface area (Å²) in [6.07, 6.45) is 0. The summed E-state index contributed by atoms with van der Waals surface area (Å²) in [6, 6.07) is 13.5. The van der Waals surface area contributed by atoms with Crippen LogP contribution >= 0.6 is 23.2 Å². The summed E-state index contributed by atoms with van der Waals surface area (Å²) in [4.78, 5) is 0. The fraction of sp³-hybridized carbons (Fsp3) is 0.133. The van der Waals surface area contributed by atoms with Crippen molar-refractivity contribution >= 4 is 23.2 Å². The van der Waals surface area contributed by atoms with Crippen LogP contribution in [0.5, 0.6) is 0 Å².